The number of nitrogens with zero attached hydrogens (tertiary/aromatic N) is 1. The van der Waals surface area contributed by atoms with E-state index in [-0.39, 0.29) is 19.8 Å². The molecule has 0 aliphatic carbocycles. The van der Waals surface area contributed by atoms with Crippen LogP contribution in [-0.2, 0) is 34.4 Å². The van der Waals surface area contributed by atoms with Gasteiger partial charge in [-0.25, -0.2) is 14.2 Å². The quantitative estimate of drug-likeness (QED) is 0.678. The maximum absolute atomic E-state index is 13.7. The highest BCUT2D eigenvalue weighted by molar-refractivity contribution is 7.71. The lowest BCUT2D eigenvalue weighted by atomic mass is 10.0. The number of H-pyrrole nitrogens is 1. The van der Waals surface area contributed by atoms with Crippen LogP contribution < -0.4 is 11.2 Å². The van der Waals surface area contributed by atoms with E-state index >= 15 is 0 Å². The van der Waals surface area contributed by atoms with E-state index < -0.39 is 54.4 Å². The molecule has 5 atom stereocenters. The van der Waals surface area contributed by atoms with Crippen molar-refractivity contribution in [2.24, 2.45) is 0 Å². The summed E-state index contributed by atoms with van der Waals surface area (Å²) < 4.78 is 54.8. The van der Waals surface area contributed by atoms with Crippen molar-refractivity contribution in [3.05, 3.63) is 68.7 Å². The SMILES string of the molecule is O=C(OCc1ccccc1)P1(=O)OC[C@@]23CO[C@@H]([C@H](n4cc(F)c(=O)[nH]c4=O)O2)[C@@H]3O1. The number of aromatic amines is 1. The maximum Gasteiger partial charge on any atom is 0.438 e. The summed E-state index contributed by atoms with van der Waals surface area (Å²) in [4.78, 5) is 37.7. The van der Waals surface area contributed by atoms with Crippen molar-refractivity contribution >= 4 is 13.3 Å². The lowest BCUT2D eigenvalue weighted by Gasteiger charge is -2.36. The van der Waals surface area contributed by atoms with Gasteiger partial charge in [0, 0.05) is 0 Å². The number of aromatic nitrogens is 2. The lowest BCUT2D eigenvalue weighted by molar-refractivity contribution is -0.189. The molecule has 2 aromatic rings. The Morgan fingerprint density at radius 2 is 2.06 bits per heavy atom. The molecule has 5 rings (SSSR count). The summed E-state index contributed by atoms with van der Waals surface area (Å²) in [5, 5.41) is 0. The van der Waals surface area contributed by atoms with Crippen LogP contribution in [0.5, 0.6) is 0 Å². The van der Waals surface area contributed by atoms with Gasteiger partial charge in [-0.15, -0.1) is 0 Å². The molecule has 1 aromatic carbocycles. The number of nitrogens with one attached hydrogen (secondary N) is 1. The van der Waals surface area contributed by atoms with E-state index in [2.05, 4.69) is 0 Å². The van der Waals surface area contributed by atoms with Crippen LogP contribution >= 0.6 is 7.60 Å². The molecule has 13 heteroatoms. The number of carbonyl (C=O) groups is 1. The third-order valence-electron chi connectivity index (χ3n) is 5.33. The predicted octanol–water partition coefficient (Wildman–Crippen LogP) is 1.29. The van der Waals surface area contributed by atoms with Crippen molar-refractivity contribution in [2.75, 3.05) is 13.2 Å². The van der Waals surface area contributed by atoms with Crippen molar-refractivity contribution in [3.63, 3.8) is 0 Å². The number of hydrogen-bond acceptors (Lipinski definition) is 9. The Kier molecular flexibility index (Phi) is 4.72. The van der Waals surface area contributed by atoms with E-state index in [4.69, 9.17) is 23.3 Å². The van der Waals surface area contributed by atoms with E-state index in [0.717, 1.165) is 4.57 Å². The third-order valence-corrected chi connectivity index (χ3v) is 6.88. The minimum atomic E-state index is -4.34. The van der Waals surface area contributed by atoms with Crippen LogP contribution in [0.15, 0.2) is 46.1 Å². The number of hydrogen-bond donors (Lipinski definition) is 1. The second-order valence-corrected chi connectivity index (χ2v) is 9.16. The fourth-order valence-electron chi connectivity index (χ4n) is 3.79. The molecule has 31 heavy (non-hydrogen) atoms. The highest BCUT2D eigenvalue weighted by atomic mass is 31.2. The Morgan fingerprint density at radius 1 is 1.29 bits per heavy atom. The monoisotopic (exact) mass is 454 g/mol. The molecular formula is C18H16FN2O9P. The molecule has 0 saturated carbocycles. The molecule has 0 spiro atoms. The summed E-state index contributed by atoms with van der Waals surface area (Å²) in [5.74, 6) is -1.20. The van der Waals surface area contributed by atoms with Crippen LogP contribution in [0.2, 0.25) is 0 Å². The number of carbonyl (C=O) groups excluding carboxylic acids is 1. The first-order valence-electron chi connectivity index (χ1n) is 9.26. The summed E-state index contributed by atoms with van der Waals surface area (Å²) in [6.45, 7) is -0.473. The van der Waals surface area contributed by atoms with Gasteiger partial charge in [0.15, 0.2) is 6.23 Å². The molecule has 1 N–H and O–H groups in total. The largest absolute Gasteiger partial charge is 0.452 e. The first kappa shape index (κ1) is 20.3. The van der Waals surface area contributed by atoms with Crippen LogP contribution in [0.3, 0.4) is 0 Å². The third kappa shape index (κ3) is 3.27. The van der Waals surface area contributed by atoms with Gasteiger partial charge in [0.1, 0.15) is 24.4 Å². The van der Waals surface area contributed by atoms with Gasteiger partial charge in [0.25, 0.3) is 5.56 Å². The first-order valence-corrected chi connectivity index (χ1v) is 10.8. The lowest BCUT2D eigenvalue weighted by Crippen LogP contribution is -2.49. The molecule has 3 fully saturated rings. The van der Waals surface area contributed by atoms with Crippen LogP contribution in [0.4, 0.5) is 9.18 Å². The number of halogens is 1. The number of benzene rings is 1. The topological polar surface area (TPSA) is 135 Å². The zero-order valence-electron chi connectivity index (χ0n) is 15.8. The second-order valence-electron chi connectivity index (χ2n) is 7.33. The maximum atomic E-state index is 13.7. The van der Waals surface area contributed by atoms with Crippen LogP contribution in [-0.4, -0.2) is 46.3 Å². The second kappa shape index (κ2) is 7.21. The predicted molar refractivity (Wildman–Crippen MR) is 98.9 cm³/mol. The molecule has 0 amide bonds. The fourth-order valence-corrected chi connectivity index (χ4v) is 5.27. The van der Waals surface area contributed by atoms with Gasteiger partial charge in [-0.2, -0.15) is 4.39 Å². The van der Waals surface area contributed by atoms with Gasteiger partial charge in [-0.3, -0.25) is 23.4 Å². The summed E-state index contributed by atoms with van der Waals surface area (Å²) in [5.41, 5.74) is -3.84. The summed E-state index contributed by atoms with van der Waals surface area (Å²) in [6, 6.07) is 8.77. The Hall–Kier alpha value is -2.63. The summed E-state index contributed by atoms with van der Waals surface area (Å²) in [6.07, 6.45) is -2.54. The Balaban J connectivity index is 1.36. The van der Waals surface area contributed by atoms with Crippen molar-refractivity contribution in [2.45, 2.75) is 30.6 Å². The van der Waals surface area contributed by atoms with E-state index in [9.17, 15) is 23.3 Å². The Bertz CT molecular complexity index is 1200. The van der Waals surface area contributed by atoms with Gasteiger partial charge < -0.3 is 14.2 Å². The molecule has 4 heterocycles. The smallest absolute Gasteiger partial charge is 0.438 e. The van der Waals surface area contributed by atoms with Crippen molar-refractivity contribution in [3.8, 4) is 0 Å². The van der Waals surface area contributed by atoms with E-state index in [1.807, 2.05) is 4.98 Å². The molecule has 3 aliphatic rings. The zero-order valence-corrected chi connectivity index (χ0v) is 16.7. The molecule has 3 saturated heterocycles. The molecule has 164 valence electrons. The highest BCUT2D eigenvalue weighted by Crippen LogP contribution is 2.62. The van der Waals surface area contributed by atoms with Gasteiger partial charge in [-0.05, 0) is 5.56 Å². The number of ether oxygens (including phenoxy) is 3. The molecular weight excluding hydrogens is 438 g/mol. The fraction of sp³-hybridized carbons (Fsp3) is 0.389. The minimum absolute atomic E-state index is 0.0154. The van der Waals surface area contributed by atoms with Crippen molar-refractivity contribution < 1.29 is 37.0 Å². The standard InChI is InChI=1S/C18H16FN2O9P/c19-11-6-21(16(23)20-14(11)22)15-12-13-18(29-15,8-27-12)9-28-31(25,30-13)17(24)26-7-10-4-2-1-3-5-10/h1-6,12-13,15H,7-9H2,(H,20,22,23)/t12-,13+,15-,18-,31?/m1/s1. The van der Waals surface area contributed by atoms with Gasteiger partial charge in [0.05, 0.1) is 19.4 Å². The van der Waals surface area contributed by atoms with E-state index in [1.54, 1.807) is 30.3 Å². The van der Waals surface area contributed by atoms with Crippen molar-refractivity contribution in [1.82, 2.24) is 9.55 Å². The summed E-state index contributed by atoms with van der Waals surface area (Å²) in [7, 11) is -4.34. The van der Waals surface area contributed by atoms with E-state index in [1.165, 1.54) is 0 Å². The average molecular weight is 454 g/mol. The Labute approximate surface area is 173 Å². The van der Waals surface area contributed by atoms with Crippen molar-refractivity contribution in [1.29, 1.82) is 0 Å². The van der Waals surface area contributed by atoms with E-state index in [0.29, 0.717) is 11.8 Å². The molecule has 0 radical (unpaired) electrons. The van der Waals surface area contributed by atoms with Gasteiger partial charge in [-0.1, -0.05) is 30.3 Å². The molecule has 11 nitrogen and oxygen atoms in total. The molecule has 1 aromatic heterocycles. The minimum Gasteiger partial charge on any atom is -0.452 e. The highest BCUT2D eigenvalue weighted by Gasteiger charge is 2.69. The van der Waals surface area contributed by atoms with Gasteiger partial charge in [0.2, 0.25) is 5.82 Å². The molecule has 3 aliphatic heterocycles. The molecule has 1 unspecified atom stereocenters. The normalized spacial score (nSPS) is 33.8. The van der Waals surface area contributed by atoms with Crippen LogP contribution in [0, 0.1) is 5.82 Å². The van der Waals surface area contributed by atoms with Crippen LogP contribution in [0.1, 0.15) is 11.8 Å². The average Bonchev–Trinajstić information content (AvgIpc) is 3.27. The number of rotatable bonds is 4. The Morgan fingerprint density at radius 3 is 2.84 bits per heavy atom. The summed E-state index contributed by atoms with van der Waals surface area (Å²) >= 11 is 0. The zero-order chi connectivity index (χ0) is 21.8. The first-order chi connectivity index (χ1) is 14.8. The van der Waals surface area contributed by atoms with Gasteiger partial charge >= 0.3 is 19.0 Å². The van der Waals surface area contributed by atoms with Crippen LogP contribution in [0.25, 0.3) is 0 Å². The molecule has 2 bridgehead atoms.